The molecule has 174 valence electrons. The van der Waals surface area contributed by atoms with Gasteiger partial charge in [0.1, 0.15) is 22.6 Å². The zero-order valence-electron chi connectivity index (χ0n) is 17.7. The molecule has 9 heteroatoms. The van der Waals surface area contributed by atoms with Crippen molar-refractivity contribution in [3.05, 3.63) is 69.2 Å². The Hall–Kier alpha value is -2.38. The summed E-state index contributed by atoms with van der Waals surface area (Å²) in [4.78, 5) is 12.0. The number of alkyl halides is 3. The second-order valence-electron chi connectivity index (χ2n) is 7.08. The molecule has 32 heavy (non-hydrogen) atoms. The lowest BCUT2D eigenvalue weighted by Crippen LogP contribution is -2.24. The SMILES string of the molecule is Cc1cc(OCC=C(Cl)Cl)cc(C)c1OCCCCNC(=O)c1ccc(C(F)(F)F)cc1. The molecule has 0 aromatic heterocycles. The third-order valence-electron chi connectivity index (χ3n) is 4.50. The number of carbonyl (C=O) groups excluding carboxylic acids is 1. The zero-order valence-corrected chi connectivity index (χ0v) is 19.2. The van der Waals surface area contributed by atoms with Gasteiger partial charge in [-0.05, 0) is 80.3 Å². The highest BCUT2D eigenvalue weighted by Gasteiger charge is 2.30. The van der Waals surface area contributed by atoms with Gasteiger partial charge in [0.15, 0.2) is 0 Å². The number of rotatable bonds is 10. The first-order chi connectivity index (χ1) is 15.1. The Morgan fingerprint density at radius 1 is 1.03 bits per heavy atom. The molecule has 0 saturated heterocycles. The summed E-state index contributed by atoms with van der Waals surface area (Å²) in [7, 11) is 0. The van der Waals surface area contributed by atoms with Crippen molar-refractivity contribution < 1.29 is 27.4 Å². The van der Waals surface area contributed by atoms with Crippen LogP contribution < -0.4 is 14.8 Å². The van der Waals surface area contributed by atoms with E-state index in [1.165, 1.54) is 12.1 Å². The number of halogens is 5. The third kappa shape index (κ3) is 8.28. The lowest BCUT2D eigenvalue weighted by molar-refractivity contribution is -0.137. The molecule has 0 bridgehead atoms. The molecule has 2 aromatic carbocycles. The number of aryl methyl sites for hydroxylation is 2. The van der Waals surface area contributed by atoms with Gasteiger partial charge in [-0.2, -0.15) is 13.2 Å². The van der Waals surface area contributed by atoms with Crippen molar-refractivity contribution in [1.29, 1.82) is 0 Å². The summed E-state index contributed by atoms with van der Waals surface area (Å²) < 4.78 is 49.3. The average Bonchev–Trinajstić information content (AvgIpc) is 2.71. The molecule has 0 radical (unpaired) electrons. The summed E-state index contributed by atoms with van der Waals surface area (Å²) in [5.41, 5.74) is 1.26. The minimum absolute atomic E-state index is 0.147. The normalized spacial score (nSPS) is 11.1. The Labute approximate surface area is 195 Å². The molecule has 0 spiro atoms. The van der Waals surface area contributed by atoms with Crippen LogP contribution in [0.4, 0.5) is 13.2 Å². The van der Waals surface area contributed by atoms with Crippen LogP contribution in [0.15, 0.2) is 47.0 Å². The summed E-state index contributed by atoms with van der Waals surface area (Å²) in [6.45, 7) is 4.96. The fraction of sp³-hybridized carbons (Fsp3) is 0.348. The monoisotopic (exact) mass is 489 g/mol. The van der Waals surface area contributed by atoms with Crippen molar-refractivity contribution in [3.63, 3.8) is 0 Å². The minimum Gasteiger partial charge on any atom is -0.493 e. The van der Waals surface area contributed by atoms with E-state index in [1.54, 1.807) is 6.08 Å². The molecule has 2 aromatic rings. The van der Waals surface area contributed by atoms with E-state index in [4.69, 9.17) is 32.7 Å². The van der Waals surface area contributed by atoms with Crippen molar-refractivity contribution in [2.75, 3.05) is 19.8 Å². The van der Waals surface area contributed by atoms with Crippen LogP contribution >= 0.6 is 23.2 Å². The van der Waals surface area contributed by atoms with Gasteiger partial charge in [-0.25, -0.2) is 0 Å². The summed E-state index contributed by atoms with van der Waals surface area (Å²) in [5, 5.41) is 2.70. The highest BCUT2D eigenvalue weighted by Crippen LogP contribution is 2.30. The van der Waals surface area contributed by atoms with Gasteiger partial charge in [-0.15, -0.1) is 0 Å². The highest BCUT2D eigenvalue weighted by molar-refractivity contribution is 6.55. The molecule has 1 amide bonds. The number of hydrogen-bond donors (Lipinski definition) is 1. The van der Waals surface area contributed by atoms with Crippen LogP contribution in [-0.4, -0.2) is 25.7 Å². The number of amides is 1. The van der Waals surface area contributed by atoms with E-state index in [9.17, 15) is 18.0 Å². The van der Waals surface area contributed by atoms with Gasteiger partial charge in [0.05, 0.1) is 12.2 Å². The maximum Gasteiger partial charge on any atom is 0.416 e. The van der Waals surface area contributed by atoms with Gasteiger partial charge in [0.2, 0.25) is 0 Å². The number of hydrogen-bond acceptors (Lipinski definition) is 3. The number of unbranched alkanes of at least 4 members (excludes halogenated alkanes) is 1. The van der Waals surface area contributed by atoms with E-state index in [0.717, 1.165) is 29.0 Å². The number of benzene rings is 2. The molecular weight excluding hydrogens is 466 g/mol. The van der Waals surface area contributed by atoms with Crippen LogP contribution in [0, 0.1) is 13.8 Å². The quantitative estimate of drug-likeness (QED) is 0.382. The van der Waals surface area contributed by atoms with Crippen molar-refractivity contribution >= 4 is 29.1 Å². The molecule has 4 nitrogen and oxygen atoms in total. The minimum atomic E-state index is -4.42. The first-order valence-electron chi connectivity index (χ1n) is 9.91. The predicted octanol–water partition coefficient (Wildman–Crippen LogP) is 6.61. The summed E-state index contributed by atoms with van der Waals surface area (Å²) >= 11 is 11.1. The summed E-state index contributed by atoms with van der Waals surface area (Å²) in [5.74, 6) is 1.05. The Morgan fingerprint density at radius 2 is 1.66 bits per heavy atom. The largest absolute Gasteiger partial charge is 0.493 e. The van der Waals surface area contributed by atoms with Gasteiger partial charge < -0.3 is 14.8 Å². The Bertz CT molecular complexity index is 917. The standard InChI is InChI=1S/C23H24Cl2F3NO3/c1-15-13-19(31-12-9-20(24)25)14-16(2)21(15)32-11-4-3-10-29-22(30)17-5-7-18(8-6-17)23(26,27)28/h5-9,13-14H,3-4,10-12H2,1-2H3,(H,29,30). The van der Waals surface area contributed by atoms with Crippen LogP contribution in [0.25, 0.3) is 0 Å². The fourth-order valence-corrected chi connectivity index (χ4v) is 3.06. The van der Waals surface area contributed by atoms with Crippen molar-refractivity contribution in [2.45, 2.75) is 32.9 Å². The van der Waals surface area contributed by atoms with Crippen molar-refractivity contribution in [3.8, 4) is 11.5 Å². The Morgan fingerprint density at radius 3 is 2.22 bits per heavy atom. The predicted molar refractivity (Wildman–Crippen MR) is 120 cm³/mol. The molecule has 0 aliphatic carbocycles. The van der Waals surface area contributed by atoms with E-state index >= 15 is 0 Å². The molecule has 1 N–H and O–H groups in total. The topological polar surface area (TPSA) is 47.6 Å². The van der Waals surface area contributed by atoms with Gasteiger partial charge in [0, 0.05) is 12.1 Å². The Kier molecular flexibility index (Phi) is 9.72. The maximum absolute atomic E-state index is 12.6. The summed E-state index contributed by atoms with van der Waals surface area (Å²) in [6, 6.07) is 7.85. The van der Waals surface area contributed by atoms with Gasteiger partial charge in [-0.3, -0.25) is 4.79 Å². The van der Waals surface area contributed by atoms with Crippen LogP contribution in [0.2, 0.25) is 0 Å². The first-order valence-corrected chi connectivity index (χ1v) is 10.7. The van der Waals surface area contributed by atoms with Crippen LogP contribution in [0.3, 0.4) is 0 Å². The van der Waals surface area contributed by atoms with Gasteiger partial charge >= 0.3 is 6.18 Å². The molecular formula is C23H24Cl2F3NO3. The number of nitrogens with one attached hydrogen (secondary N) is 1. The summed E-state index contributed by atoms with van der Waals surface area (Å²) in [6.07, 6.45) is -1.51. The second-order valence-corrected chi connectivity index (χ2v) is 8.09. The second kappa shape index (κ2) is 12.0. The van der Waals surface area contributed by atoms with E-state index in [1.807, 2.05) is 26.0 Å². The third-order valence-corrected chi connectivity index (χ3v) is 4.81. The van der Waals surface area contributed by atoms with Crippen molar-refractivity contribution in [1.82, 2.24) is 5.32 Å². The maximum atomic E-state index is 12.6. The molecule has 0 saturated carbocycles. The zero-order chi connectivity index (χ0) is 23.7. The van der Waals surface area contributed by atoms with Crippen LogP contribution in [0.1, 0.15) is 39.9 Å². The smallest absolute Gasteiger partial charge is 0.416 e. The fourth-order valence-electron chi connectivity index (χ4n) is 2.94. The molecule has 0 aliphatic heterocycles. The van der Waals surface area contributed by atoms with E-state index < -0.39 is 17.6 Å². The molecule has 0 heterocycles. The van der Waals surface area contributed by atoms with E-state index in [0.29, 0.717) is 31.7 Å². The molecule has 0 atom stereocenters. The van der Waals surface area contributed by atoms with Crippen LogP contribution in [0.5, 0.6) is 11.5 Å². The van der Waals surface area contributed by atoms with E-state index in [-0.39, 0.29) is 16.7 Å². The van der Waals surface area contributed by atoms with Gasteiger partial charge in [-0.1, -0.05) is 23.2 Å². The lowest BCUT2D eigenvalue weighted by Gasteiger charge is -2.14. The van der Waals surface area contributed by atoms with Crippen molar-refractivity contribution in [2.24, 2.45) is 0 Å². The lowest BCUT2D eigenvalue weighted by atomic mass is 10.1. The van der Waals surface area contributed by atoms with E-state index in [2.05, 4.69) is 5.32 Å². The number of ether oxygens (including phenoxy) is 2. The average molecular weight is 490 g/mol. The molecule has 0 unspecified atom stereocenters. The van der Waals surface area contributed by atoms with Gasteiger partial charge in [0.25, 0.3) is 5.91 Å². The van der Waals surface area contributed by atoms with Crippen LogP contribution in [-0.2, 0) is 6.18 Å². The first kappa shape index (κ1) is 25.9. The molecule has 0 fully saturated rings. The molecule has 2 rings (SSSR count). The molecule has 0 aliphatic rings. The number of carbonyl (C=O) groups is 1. The Balaban J connectivity index is 1.73. The highest BCUT2D eigenvalue weighted by atomic mass is 35.5.